The van der Waals surface area contributed by atoms with Gasteiger partial charge in [0.2, 0.25) is 0 Å². The summed E-state index contributed by atoms with van der Waals surface area (Å²) in [5, 5.41) is 2.08. The zero-order valence-electron chi connectivity index (χ0n) is 19.4. The van der Waals surface area contributed by atoms with Gasteiger partial charge in [0.15, 0.2) is 11.0 Å². The third-order valence-corrected chi connectivity index (χ3v) is 7.86. The van der Waals surface area contributed by atoms with Crippen LogP contribution in [0.3, 0.4) is 0 Å². The second kappa shape index (κ2) is 7.52. The second-order valence-corrected chi connectivity index (χ2v) is 10.9. The molecule has 0 amide bonds. The first kappa shape index (κ1) is 20.4. The summed E-state index contributed by atoms with van der Waals surface area (Å²) < 4.78 is 2.19. The fourth-order valence-electron chi connectivity index (χ4n) is 4.97. The molecule has 4 aromatic carbocycles. The predicted octanol–water partition coefficient (Wildman–Crippen LogP) is 7.64. The van der Waals surface area contributed by atoms with Crippen LogP contribution in [-0.2, 0) is 4.75 Å². The zero-order chi connectivity index (χ0) is 23.6. The molecule has 0 unspecified atom stereocenters. The van der Waals surface area contributed by atoms with Crippen LogP contribution >= 0.6 is 11.8 Å². The van der Waals surface area contributed by atoms with E-state index in [1.807, 2.05) is 24.3 Å². The zero-order valence-corrected chi connectivity index (χ0v) is 20.3. The highest BCUT2D eigenvalue weighted by Crippen LogP contribution is 2.49. The Morgan fingerprint density at radius 1 is 0.686 bits per heavy atom. The van der Waals surface area contributed by atoms with E-state index in [4.69, 9.17) is 15.0 Å². The Labute approximate surface area is 207 Å². The van der Waals surface area contributed by atoms with Crippen LogP contribution in [0.2, 0.25) is 0 Å². The number of rotatable bonds is 2. The third-order valence-electron chi connectivity index (χ3n) is 6.67. The number of hydrogen-bond acceptors (Lipinski definition) is 4. The normalized spacial score (nSPS) is 14.1. The van der Waals surface area contributed by atoms with Crippen molar-refractivity contribution >= 4 is 33.7 Å². The van der Waals surface area contributed by atoms with Crippen molar-refractivity contribution in [3.63, 3.8) is 0 Å². The van der Waals surface area contributed by atoms with E-state index < -0.39 is 0 Å². The number of thioether (sulfide) groups is 1. The van der Waals surface area contributed by atoms with Gasteiger partial charge in [-0.25, -0.2) is 15.0 Å². The first-order valence-corrected chi connectivity index (χ1v) is 12.5. The number of hydrogen-bond donors (Lipinski definition) is 0. The van der Waals surface area contributed by atoms with Crippen molar-refractivity contribution in [2.45, 2.75) is 23.8 Å². The molecule has 35 heavy (non-hydrogen) atoms. The van der Waals surface area contributed by atoms with Crippen molar-refractivity contribution in [3.05, 3.63) is 103 Å². The molecule has 0 bridgehead atoms. The number of aromatic nitrogens is 4. The fraction of sp³-hybridized carbons (Fsp3) is 0.100. The summed E-state index contributed by atoms with van der Waals surface area (Å²) >= 11 is 1.81. The summed E-state index contributed by atoms with van der Waals surface area (Å²) in [7, 11) is 0. The summed E-state index contributed by atoms with van der Waals surface area (Å²) in [6.45, 7) is 4.53. The number of benzene rings is 4. The van der Waals surface area contributed by atoms with Crippen molar-refractivity contribution in [3.8, 4) is 28.3 Å². The third kappa shape index (κ3) is 3.19. The molecule has 7 rings (SSSR count). The van der Waals surface area contributed by atoms with E-state index in [1.165, 1.54) is 5.56 Å². The molecular formula is C30H22N4S. The lowest BCUT2D eigenvalue weighted by molar-refractivity contribution is 0.729. The van der Waals surface area contributed by atoms with Crippen molar-refractivity contribution < 1.29 is 0 Å². The maximum atomic E-state index is 5.09. The van der Waals surface area contributed by atoms with Gasteiger partial charge in [-0.15, -0.1) is 0 Å². The molecule has 0 spiro atoms. The molecule has 0 radical (unpaired) electrons. The number of para-hydroxylation sites is 3. The van der Waals surface area contributed by atoms with Crippen LogP contribution in [0.15, 0.2) is 102 Å². The monoisotopic (exact) mass is 470 g/mol. The summed E-state index contributed by atoms with van der Waals surface area (Å²) in [4.78, 5) is 15.0. The van der Waals surface area contributed by atoms with Gasteiger partial charge < -0.3 is 0 Å². The fourth-order valence-corrected chi connectivity index (χ4v) is 6.15. The molecule has 0 atom stereocenters. The van der Waals surface area contributed by atoms with Gasteiger partial charge in [-0.3, -0.25) is 4.57 Å². The van der Waals surface area contributed by atoms with Gasteiger partial charge in [-0.2, -0.15) is 0 Å². The van der Waals surface area contributed by atoms with Crippen LogP contribution in [0.5, 0.6) is 0 Å². The predicted molar refractivity (Wildman–Crippen MR) is 144 cm³/mol. The second-order valence-electron chi connectivity index (χ2n) is 9.34. The van der Waals surface area contributed by atoms with E-state index in [2.05, 4.69) is 91.2 Å². The van der Waals surface area contributed by atoms with E-state index in [0.717, 1.165) is 55.4 Å². The Bertz CT molecular complexity index is 1750. The quantitative estimate of drug-likeness (QED) is 0.261. The van der Waals surface area contributed by atoms with Crippen LogP contribution in [0.25, 0.3) is 50.3 Å². The number of nitrogens with zero attached hydrogens (tertiary/aromatic N) is 4. The van der Waals surface area contributed by atoms with Crippen molar-refractivity contribution in [2.75, 3.05) is 0 Å². The van der Waals surface area contributed by atoms with E-state index in [9.17, 15) is 0 Å². The average Bonchev–Trinajstić information content (AvgIpc) is 3.25. The van der Waals surface area contributed by atoms with Gasteiger partial charge in [0.05, 0.1) is 27.9 Å². The van der Waals surface area contributed by atoms with Crippen LogP contribution in [0.4, 0.5) is 0 Å². The van der Waals surface area contributed by atoms with Crippen LogP contribution in [0, 0.1) is 0 Å². The molecule has 2 aromatic heterocycles. The highest BCUT2D eigenvalue weighted by Gasteiger charge is 2.34. The molecule has 6 aromatic rings. The van der Waals surface area contributed by atoms with Crippen molar-refractivity contribution in [1.82, 2.24) is 19.5 Å². The molecule has 0 N–H and O–H groups in total. The lowest BCUT2D eigenvalue weighted by Gasteiger charge is -2.32. The lowest BCUT2D eigenvalue weighted by atomic mass is 9.97. The van der Waals surface area contributed by atoms with Gasteiger partial charge >= 0.3 is 0 Å². The maximum Gasteiger partial charge on any atom is 0.174 e. The standard InChI is InChI=1S/C30H22N4S/c1-30(2)22-17-16-20(18-26(22)34-25-15-9-8-14-24(25)32-29(34)35-30)28-31-23-13-7-6-12-21(23)27(33-28)19-10-4-3-5-11-19/h3-18H,1-2H3. The summed E-state index contributed by atoms with van der Waals surface area (Å²) in [6.07, 6.45) is 0. The highest BCUT2D eigenvalue weighted by atomic mass is 32.2. The van der Waals surface area contributed by atoms with Crippen molar-refractivity contribution in [2.24, 2.45) is 0 Å². The smallest absolute Gasteiger partial charge is 0.174 e. The first-order valence-electron chi connectivity index (χ1n) is 11.7. The number of imidazole rings is 1. The number of fused-ring (bicyclic) bond motifs is 6. The molecule has 1 aliphatic heterocycles. The van der Waals surface area contributed by atoms with Gasteiger partial charge in [0, 0.05) is 21.3 Å². The van der Waals surface area contributed by atoms with E-state index in [-0.39, 0.29) is 4.75 Å². The Morgan fingerprint density at radius 2 is 1.43 bits per heavy atom. The Balaban J connectivity index is 1.48. The maximum absolute atomic E-state index is 5.09. The minimum absolute atomic E-state index is 0.0926. The summed E-state index contributed by atoms with van der Waals surface area (Å²) in [5.41, 5.74) is 8.54. The van der Waals surface area contributed by atoms with Crippen LogP contribution in [-0.4, -0.2) is 19.5 Å². The molecular weight excluding hydrogens is 448 g/mol. The molecule has 0 fully saturated rings. The molecule has 0 aliphatic carbocycles. The van der Waals surface area contributed by atoms with Gasteiger partial charge in [0.25, 0.3) is 0 Å². The summed E-state index contributed by atoms with van der Waals surface area (Å²) in [5.74, 6) is 0.729. The Kier molecular flexibility index (Phi) is 4.39. The minimum Gasteiger partial charge on any atom is -0.287 e. The molecule has 168 valence electrons. The van der Waals surface area contributed by atoms with Crippen LogP contribution in [0.1, 0.15) is 19.4 Å². The topological polar surface area (TPSA) is 43.6 Å². The van der Waals surface area contributed by atoms with E-state index in [1.54, 1.807) is 11.8 Å². The van der Waals surface area contributed by atoms with E-state index >= 15 is 0 Å². The van der Waals surface area contributed by atoms with Gasteiger partial charge in [-0.05, 0) is 43.7 Å². The molecule has 3 heterocycles. The Morgan fingerprint density at radius 3 is 2.29 bits per heavy atom. The van der Waals surface area contributed by atoms with Crippen molar-refractivity contribution in [1.29, 1.82) is 0 Å². The first-order chi connectivity index (χ1) is 17.1. The average molecular weight is 471 g/mol. The van der Waals surface area contributed by atoms with Crippen LogP contribution < -0.4 is 0 Å². The van der Waals surface area contributed by atoms with E-state index in [0.29, 0.717) is 0 Å². The highest BCUT2D eigenvalue weighted by molar-refractivity contribution is 8.00. The van der Waals surface area contributed by atoms with Gasteiger partial charge in [-0.1, -0.05) is 84.6 Å². The summed E-state index contributed by atoms with van der Waals surface area (Å²) in [6, 6.07) is 33.5. The molecule has 0 saturated heterocycles. The minimum atomic E-state index is -0.0926. The largest absolute Gasteiger partial charge is 0.287 e. The molecule has 4 nitrogen and oxygen atoms in total. The SMILES string of the molecule is CC1(C)Sc2nc3ccccc3n2-c2cc(-c3nc(-c4ccccc4)c4ccccc4n3)ccc21. The molecule has 0 saturated carbocycles. The Hall–Kier alpha value is -3.96. The molecule has 5 heteroatoms. The lowest BCUT2D eigenvalue weighted by Crippen LogP contribution is -2.21. The molecule has 1 aliphatic rings. The van der Waals surface area contributed by atoms with Gasteiger partial charge in [0.1, 0.15) is 0 Å².